The molecule has 3 rings (SSSR count). The summed E-state index contributed by atoms with van der Waals surface area (Å²) in [5, 5.41) is 4.78. The van der Waals surface area contributed by atoms with Crippen LogP contribution in [0.25, 0.3) is 0 Å². The lowest BCUT2D eigenvalue weighted by Gasteiger charge is -2.17. The zero-order chi connectivity index (χ0) is 25.0. The fraction of sp³-hybridized carbons (Fsp3) is 0.130. The summed E-state index contributed by atoms with van der Waals surface area (Å²) >= 11 is 18.7. The van der Waals surface area contributed by atoms with Crippen LogP contribution in [0.4, 0.5) is 24.5 Å². The quantitative estimate of drug-likeness (QED) is 0.307. The Bertz CT molecular complexity index is 1240. The van der Waals surface area contributed by atoms with Gasteiger partial charge in [0, 0.05) is 20.6 Å². The Morgan fingerprint density at radius 3 is 2.26 bits per heavy atom. The average Bonchev–Trinajstić information content (AvgIpc) is 2.74. The predicted octanol–water partition coefficient (Wildman–Crippen LogP) is 8.04. The summed E-state index contributed by atoms with van der Waals surface area (Å²) < 4.78 is 39.8. The normalized spacial score (nSPS) is 12.2. The second-order valence-electron chi connectivity index (χ2n) is 7.04. The van der Waals surface area contributed by atoms with E-state index in [1.165, 1.54) is 18.2 Å². The number of hydrogen-bond donors (Lipinski definition) is 2. The van der Waals surface area contributed by atoms with Gasteiger partial charge >= 0.3 is 6.18 Å². The van der Waals surface area contributed by atoms with E-state index in [1.807, 2.05) is 0 Å². The van der Waals surface area contributed by atoms with Crippen LogP contribution in [0.2, 0.25) is 15.1 Å². The van der Waals surface area contributed by atoms with Crippen LogP contribution in [0.5, 0.6) is 0 Å². The van der Waals surface area contributed by atoms with Crippen LogP contribution < -0.4 is 10.6 Å². The van der Waals surface area contributed by atoms with E-state index < -0.39 is 28.8 Å². The first-order valence-corrected chi connectivity index (χ1v) is 11.7. The molecule has 0 aliphatic carbocycles. The number of halogens is 6. The molecule has 0 radical (unpaired) electrons. The predicted molar refractivity (Wildman–Crippen MR) is 131 cm³/mol. The Morgan fingerprint density at radius 2 is 1.59 bits per heavy atom. The molecule has 2 amide bonds. The molecule has 0 saturated carbocycles. The van der Waals surface area contributed by atoms with Gasteiger partial charge in [-0.15, -0.1) is 11.8 Å². The highest BCUT2D eigenvalue weighted by Crippen LogP contribution is 2.37. The number of carbonyl (C=O) groups is 2. The van der Waals surface area contributed by atoms with Crippen molar-refractivity contribution in [3.63, 3.8) is 0 Å². The zero-order valence-corrected chi connectivity index (χ0v) is 20.4. The van der Waals surface area contributed by atoms with E-state index in [1.54, 1.807) is 37.3 Å². The molecule has 4 nitrogen and oxygen atoms in total. The number of nitrogens with one attached hydrogen (secondary N) is 2. The third kappa shape index (κ3) is 6.82. The molecule has 0 spiro atoms. The van der Waals surface area contributed by atoms with E-state index in [0.717, 1.165) is 23.9 Å². The van der Waals surface area contributed by atoms with Gasteiger partial charge in [0.1, 0.15) is 0 Å². The number of alkyl halides is 3. The first-order chi connectivity index (χ1) is 15.9. The van der Waals surface area contributed by atoms with Crippen molar-refractivity contribution in [2.24, 2.45) is 0 Å². The van der Waals surface area contributed by atoms with E-state index in [4.69, 9.17) is 34.8 Å². The molecular weight excluding hydrogens is 532 g/mol. The first kappa shape index (κ1) is 26.2. The van der Waals surface area contributed by atoms with Crippen LogP contribution in [0, 0.1) is 0 Å². The van der Waals surface area contributed by atoms with Gasteiger partial charge in [-0.2, -0.15) is 13.2 Å². The van der Waals surface area contributed by atoms with E-state index in [0.29, 0.717) is 15.6 Å². The Hall–Kier alpha value is -2.39. The maximum Gasteiger partial charge on any atom is 0.418 e. The molecule has 0 aliphatic rings. The molecule has 1 unspecified atom stereocenters. The van der Waals surface area contributed by atoms with E-state index in [-0.39, 0.29) is 21.3 Å². The van der Waals surface area contributed by atoms with Crippen LogP contribution in [-0.4, -0.2) is 17.1 Å². The van der Waals surface area contributed by atoms with Crippen molar-refractivity contribution in [2.45, 2.75) is 23.2 Å². The van der Waals surface area contributed by atoms with Gasteiger partial charge in [0.2, 0.25) is 5.91 Å². The summed E-state index contributed by atoms with van der Waals surface area (Å²) in [6.45, 7) is 1.56. The largest absolute Gasteiger partial charge is 0.418 e. The maximum atomic E-state index is 13.3. The van der Waals surface area contributed by atoms with Gasteiger partial charge in [-0.05, 0) is 61.5 Å². The van der Waals surface area contributed by atoms with Crippen LogP contribution in [0.15, 0.2) is 65.6 Å². The van der Waals surface area contributed by atoms with Crippen molar-refractivity contribution in [1.82, 2.24) is 0 Å². The van der Waals surface area contributed by atoms with Gasteiger partial charge in [0.05, 0.1) is 27.1 Å². The Morgan fingerprint density at radius 1 is 0.912 bits per heavy atom. The standard InChI is InChI=1S/C23H16Cl3F3N2O2S/c1-12(21(32)31-20-8-6-13(24)9-18(20)23(27,28)29)34-16-4-2-3-15(11-16)30-22(33)17-7-5-14(25)10-19(17)26/h2-12H,1H3,(H,30,33)(H,31,32). The molecular formula is C23H16Cl3F3N2O2S. The van der Waals surface area contributed by atoms with Crippen LogP contribution >= 0.6 is 46.6 Å². The van der Waals surface area contributed by atoms with E-state index in [9.17, 15) is 22.8 Å². The summed E-state index contributed by atoms with van der Waals surface area (Å²) in [4.78, 5) is 25.7. The minimum atomic E-state index is -4.68. The highest BCUT2D eigenvalue weighted by Gasteiger charge is 2.34. The molecule has 3 aromatic rings. The molecule has 0 fully saturated rings. The van der Waals surface area contributed by atoms with Gasteiger partial charge in [-0.25, -0.2) is 0 Å². The van der Waals surface area contributed by atoms with E-state index >= 15 is 0 Å². The highest BCUT2D eigenvalue weighted by molar-refractivity contribution is 8.00. The fourth-order valence-electron chi connectivity index (χ4n) is 2.87. The molecule has 34 heavy (non-hydrogen) atoms. The van der Waals surface area contributed by atoms with Gasteiger partial charge in [-0.1, -0.05) is 40.9 Å². The number of amides is 2. The summed E-state index contributed by atoms with van der Waals surface area (Å²) in [5.74, 6) is -1.07. The summed E-state index contributed by atoms with van der Waals surface area (Å²) in [6.07, 6.45) is -4.68. The topological polar surface area (TPSA) is 58.2 Å². The van der Waals surface area contributed by atoms with Crippen LogP contribution in [-0.2, 0) is 11.0 Å². The summed E-state index contributed by atoms with van der Waals surface area (Å²) in [7, 11) is 0. The van der Waals surface area contributed by atoms with Crippen molar-refractivity contribution in [2.75, 3.05) is 10.6 Å². The molecule has 0 saturated heterocycles. The number of anilines is 2. The van der Waals surface area contributed by atoms with Crippen molar-refractivity contribution in [3.05, 3.63) is 86.9 Å². The average molecular weight is 548 g/mol. The maximum absolute atomic E-state index is 13.3. The van der Waals surface area contributed by atoms with Crippen molar-refractivity contribution < 1.29 is 22.8 Å². The SMILES string of the molecule is CC(Sc1cccc(NC(=O)c2ccc(Cl)cc2Cl)c1)C(=O)Nc1ccc(Cl)cc1C(F)(F)F. The molecule has 0 aliphatic heterocycles. The number of carbonyl (C=O) groups excluding carboxylic acids is 2. The lowest BCUT2D eigenvalue weighted by molar-refractivity contribution is -0.137. The monoisotopic (exact) mass is 546 g/mol. The number of rotatable bonds is 6. The molecule has 2 N–H and O–H groups in total. The van der Waals surface area contributed by atoms with E-state index in [2.05, 4.69) is 10.6 Å². The Balaban J connectivity index is 1.69. The Kier molecular flexibility index (Phi) is 8.41. The second-order valence-corrected chi connectivity index (χ2v) is 9.74. The first-order valence-electron chi connectivity index (χ1n) is 9.65. The molecule has 11 heteroatoms. The molecule has 1 atom stereocenters. The number of hydrogen-bond acceptors (Lipinski definition) is 3. The van der Waals surface area contributed by atoms with Crippen LogP contribution in [0.1, 0.15) is 22.8 Å². The zero-order valence-electron chi connectivity index (χ0n) is 17.3. The molecule has 0 heterocycles. The van der Waals surface area contributed by atoms with Crippen LogP contribution in [0.3, 0.4) is 0 Å². The lowest BCUT2D eigenvalue weighted by Crippen LogP contribution is -2.24. The lowest BCUT2D eigenvalue weighted by atomic mass is 10.1. The molecule has 0 aromatic heterocycles. The smallest absolute Gasteiger partial charge is 0.325 e. The Labute approximate surface area is 212 Å². The minimum Gasteiger partial charge on any atom is -0.325 e. The molecule has 178 valence electrons. The number of benzene rings is 3. The number of thioether (sulfide) groups is 1. The third-order valence-electron chi connectivity index (χ3n) is 4.49. The third-order valence-corrected chi connectivity index (χ3v) is 6.37. The van der Waals surface area contributed by atoms with Gasteiger partial charge in [0.15, 0.2) is 0 Å². The van der Waals surface area contributed by atoms with Gasteiger partial charge < -0.3 is 10.6 Å². The highest BCUT2D eigenvalue weighted by atomic mass is 35.5. The van der Waals surface area contributed by atoms with Crippen molar-refractivity contribution >= 4 is 69.8 Å². The molecule has 3 aromatic carbocycles. The minimum absolute atomic E-state index is 0.0912. The second kappa shape index (κ2) is 10.9. The summed E-state index contributed by atoms with van der Waals surface area (Å²) in [6, 6.07) is 14.3. The molecule has 0 bridgehead atoms. The van der Waals surface area contributed by atoms with Crippen molar-refractivity contribution in [1.29, 1.82) is 0 Å². The fourth-order valence-corrected chi connectivity index (χ4v) is 4.46. The van der Waals surface area contributed by atoms with Gasteiger partial charge in [-0.3, -0.25) is 9.59 Å². The van der Waals surface area contributed by atoms with Gasteiger partial charge in [0.25, 0.3) is 5.91 Å². The summed E-state index contributed by atoms with van der Waals surface area (Å²) in [5.41, 5.74) is -0.725. The van der Waals surface area contributed by atoms with Crippen molar-refractivity contribution in [3.8, 4) is 0 Å².